The van der Waals surface area contributed by atoms with Crippen LogP contribution in [0.4, 0.5) is 4.79 Å². The van der Waals surface area contributed by atoms with Gasteiger partial charge in [0.25, 0.3) is 0 Å². The first-order chi connectivity index (χ1) is 9.38. The summed E-state index contributed by atoms with van der Waals surface area (Å²) in [5.74, 6) is -0.976. The molecule has 114 valence electrons. The zero-order valence-electron chi connectivity index (χ0n) is 12.1. The average Bonchev–Trinajstić information content (AvgIpc) is 2.69. The molecule has 2 aliphatic rings. The van der Waals surface area contributed by atoms with Crippen LogP contribution in [0, 0.1) is 5.92 Å². The predicted octanol–water partition coefficient (Wildman–Crippen LogP) is 1.50. The summed E-state index contributed by atoms with van der Waals surface area (Å²) in [6.45, 7) is 4.62. The zero-order valence-corrected chi connectivity index (χ0v) is 12.1. The van der Waals surface area contributed by atoms with E-state index in [0.29, 0.717) is 19.4 Å². The van der Waals surface area contributed by atoms with E-state index in [2.05, 4.69) is 10.6 Å². The number of carboxylic acids is 1. The molecular formula is C14H24N2O4. The largest absolute Gasteiger partial charge is 0.481 e. The molecule has 0 radical (unpaired) electrons. The lowest BCUT2D eigenvalue weighted by atomic mass is 9.86. The number of hydrogen-bond acceptors (Lipinski definition) is 3. The molecule has 0 aromatic rings. The maximum atomic E-state index is 12.0. The van der Waals surface area contributed by atoms with Gasteiger partial charge in [-0.25, -0.2) is 4.79 Å². The molecule has 1 atom stereocenters. The van der Waals surface area contributed by atoms with Crippen molar-refractivity contribution in [1.29, 1.82) is 0 Å². The van der Waals surface area contributed by atoms with Crippen LogP contribution in [0.15, 0.2) is 0 Å². The molecule has 1 heterocycles. The Kier molecular flexibility index (Phi) is 4.52. The molecule has 3 N–H and O–H groups in total. The molecule has 6 heteroatoms. The van der Waals surface area contributed by atoms with Gasteiger partial charge in [0, 0.05) is 12.6 Å². The number of amides is 2. The van der Waals surface area contributed by atoms with Crippen molar-refractivity contribution in [3.05, 3.63) is 0 Å². The van der Waals surface area contributed by atoms with Crippen LogP contribution in [0.2, 0.25) is 0 Å². The van der Waals surface area contributed by atoms with E-state index in [1.165, 1.54) is 0 Å². The van der Waals surface area contributed by atoms with Crippen LogP contribution in [-0.2, 0) is 9.53 Å². The lowest BCUT2D eigenvalue weighted by Crippen LogP contribution is -2.52. The molecule has 0 spiro atoms. The number of aliphatic carboxylic acids is 1. The Bertz CT molecular complexity index is 375. The molecule has 6 nitrogen and oxygen atoms in total. The van der Waals surface area contributed by atoms with E-state index >= 15 is 0 Å². The second kappa shape index (κ2) is 5.99. The first-order valence-electron chi connectivity index (χ1n) is 7.32. The molecule has 2 amide bonds. The normalized spacial score (nSPS) is 32.6. The number of hydrogen-bond donors (Lipinski definition) is 3. The highest BCUT2D eigenvalue weighted by molar-refractivity contribution is 5.75. The summed E-state index contributed by atoms with van der Waals surface area (Å²) in [6.07, 6.45) is 3.56. The van der Waals surface area contributed by atoms with Crippen LogP contribution in [0.1, 0.15) is 46.0 Å². The van der Waals surface area contributed by atoms with Gasteiger partial charge in [-0.05, 0) is 46.0 Å². The van der Waals surface area contributed by atoms with Crippen LogP contribution in [0.3, 0.4) is 0 Å². The minimum Gasteiger partial charge on any atom is -0.481 e. The molecule has 1 saturated heterocycles. The lowest BCUT2D eigenvalue weighted by Gasteiger charge is -2.30. The summed E-state index contributed by atoms with van der Waals surface area (Å²) < 4.78 is 5.58. The van der Waals surface area contributed by atoms with E-state index in [-0.39, 0.29) is 29.6 Å². The average molecular weight is 284 g/mol. The summed E-state index contributed by atoms with van der Waals surface area (Å²) in [5, 5.41) is 14.8. The van der Waals surface area contributed by atoms with E-state index in [4.69, 9.17) is 9.84 Å². The lowest BCUT2D eigenvalue weighted by molar-refractivity contribution is -0.142. The van der Waals surface area contributed by atoms with Gasteiger partial charge in [-0.2, -0.15) is 0 Å². The maximum absolute atomic E-state index is 12.0. The SMILES string of the molecule is CC1(C)OCCC1NC(=O)NC1CCC(C(=O)O)CC1. The molecular weight excluding hydrogens is 260 g/mol. The van der Waals surface area contributed by atoms with Gasteiger partial charge in [0.2, 0.25) is 0 Å². The minimum atomic E-state index is -0.724. The highest BCUT2D eigenvalue weighted by atomic mass is 16.5. The molecule has 1 unspecified atom stereocenters. The Morgan fingerprint density at radius 2 is 1.75 bits per heavy atom. The van der Waals surface area contributed by atoms with Crippen molar-refractivity contribution in [2.45, 2.75) is 63.6 Å². The standard InChI is InChI=1S/C14H24N2O4/c1-14(2)11(7-8-20-14)16-13(19)15-10-5-3-9(4-6-10)12(17)18/h9-11H,3-8H2,1-2H3,(H,17,18)(H2,15,16,19). The van der Waals surface area contributed by atoms with Crippen LogP contribution in [0.5, 0.6) is 0 Å². The van der Waals surface area contributed by atoms with E-state index < -0.39 is 5.97 Å². The maximum Gasteiger partial charge on any atom is 0.315 e. The van der Waals surface area contributed by atoms with Crippen molar-refractivity contribution in [3.63, 3.8) is 0 Å². The molecule has 1 saturated carbocycles. The van der Waals surface area contributed by atoms with Gasteiger partial charge in [-0.1, -0.05) is 0 Å². The first-order valence-corrected chi connectivity index (χ1v) is 7.32. The molecule has 0 bridgehead atoms. The Labute approximate surface area is 119 Å². The van der Waals surface area contributed by atoms with Crippen molar-refractivity contribution in [1.82, 2.24) is 10.6 Å². The number of carbonyl (C=O) groups is 2. The van der Waals surface area contributed by atoms with Crippen LogP contribution < -0.4 is 10.6 Å². The monoisotopic (exact) mass is 284 g/mol. The number of rotatable bonds is 3. The molecule has 0 aromatic carbocycles. The van der Waals surface area contributed by atoms with Gasteiger partial charge in [-0.15, -0.1) is 0 Å². The van der Waals surface area contributed by atoms with Crippen molar-refractivity contribution in [2.75, 3.05) is 6.61 Å². The Balaban J connectivity index is 1.74. The Morgan fingerprint density at radius 3 is 2.25 bits per heavy atom. The van der Waals surface area contributed by atoms with Crippen molar-refractivity contribution in [2.24, 2.45) is 5.92 Å². The van der Waals surface area contributed by atoms with Crippen LogP contribution in [0.25, 0.3) is 0 Å². The van der Waals surface area contributed by atoms with Crippen LogP contribution in [-0.4, -0.2) is 41.4 Å². The smallest absolute Gasteiger partial charge is 0.315 e. The minimum absolute atomic E-state index is 0.0258. The fourth-order valence-corrected chi connectivity index (χ4v) is 3.00. The third-order valence-electron chi connectivity index (χ3n) is 4.44. The van der Waals surface area contributed by atoms with Gasteiger partial charge in [0.05, 0.1) is 17.6 Å². The second-order valence-electron chi connectivity index (χ2n) is 6.30. The third kappa shape index (κ3) is 3.62. The second-order valence-corrected chi connectivity index (χ2v) is 6.30. The van der Waals surface area contributed by atoms with Gasteiger partial charge in [-0.3, -0.25) is 4.79 Å². The number of urea groups is 1. The first kappa shape index (κ1) is 15.1. The fraction of sp³-hybridized carbons (Fsp3) is 0.857. The van der Waals surface area contributed by atoms with Gasteiger partial charge >= 0.3 is 12.0 Å². The highest BCUT2D eigenvalue weighted by Gasteiger charge is 2.37. The Morgan fingerprint density at radius 1 is 1.10 bits per heavy atom. The van der Waals surface area contributed by atoms with Crippen LogP contribution >= 0.6 is 0 Å². The summed E-state index contributed by atoms with van der Waals surface area (Å²) in [5.41, 5.74) is -0.321. The van der Waals surface area contributed by atoms with E-state index in [1.54, 1.807) is 0 Å². The zero-order chi connectivity index (χ0) is 14.8. The third-order valence-corrected chi connectivity index (χ3v) is 4.44. The summed E-state index contributed by atoms with van der Waals surface area (Å²) in [7, 11) is 0. The van der Waals surface area contributed by atoms with Crippen molar-refractivity contribution >= 4 is 12.0 Å². The van der Waals surface area contributed by atoms with Gasteiger partial charge in [0.15, 0.2) is 0 Å². The number of carboxylic acid groups (broad SMARTS) is 1. The number of ether oxygens (including phenoxy) is 1. The summed E-state index contributed by atoms with van der Waals surface area (Å²) >= 11 is 0. The molecule has 1 aliphatic carbocycles. The Hall–Kier alpha value is -1.30. The number of carbonyl (C=O) groups excluding carboxylic acids is 1. The topological polar surface area (TPSA) is 87.7 Å². The molecule has 2 fully saturated rings. The summed E-state index contributed by atoms with van der Waals surface area (Å²) in [4.78, 5) is 22.8. The summed E-state index contributed by atoms with van der Waals surface area (Å²) in [6, 6.07) is -0.0683. The predicted molar refractivity (Wildman–Crippen MR) is 73.5 cm³/mol. The fourth-order valence-electron chi connectivity index (χ4n) is 3.00. The quantitative estimate of drug-likeness (QED) is 0.733. The van der Waals surface area contributed by atoms with E-state index in [0.717, 1.165) is 19.3 Å². The van der Waals surface area contributed by atoms with Crippen molar-refractivity contribution in [3.8, 4) is 0 Å². The van der Waals surface area contributed by atoms with Gasteiger partial charge < -0.3 is 20.5 Å². The molecule has 0 aromatic heterocycles. The van der Waals surface area contributed by atoms with Gasteiger partial charge in [0.1, 0.15) is 0 Å². The van der Waals surface area contributed by atoms with Crippen molar-refractivity contribution < 1.29 is 19.4 Å². The molecule has 2 rings (SSSR count). The van der Waals surface area contributed by atoms with E-state index in [9.17, 15) is 9.59 Å². The highest BCUT2D eigenvalue weighted by Crippen LogP contribution is 2.26. The molecule has 1 aliphatic heterocycles. The number of nitrogens with one attached hydrogen (secondary N) is 2. The van der Waals surface area contributed by atoms with E-state index in [1.807, 2.05) is 13.8 Å². The molecule has 20 heavy (non-hydrogen) atoms.